The molecule has 0 spiro atoms. The van der Waals surface area contributed by atoms with Crippen molar-refractivity contribution in [2.75, 3.05) is 19.7 Å². The predicted molar refractivity (Wildman–Crippen MR) is 105 cm³/mol. The number of allylic oxidation sites excluding steroid dienone is 1. The first-order valence-corrected chi connectivity index (χ1v) is 9.51. The van der Waals surface area contributed by atoms with E-state index >= 15 is 0 Å². The Bertz CT molecular complexity index is 1110. The maximum absolute atomic E-state index is 13.1. The predicted octanol–water partition coefficient (Wildman–Crippen LogP) is 1.67. The number of hydrogen-bond donors (Lipinski definition) is 1. The lowest BCUT2D eigenvalue weighted by atomic mass is 9.99. The zero-order chi connectivity index (χ0) is 19.8. The maximum atomic E-state index is 13.1. The molecule has 1 aliphatic heterocycles. The number of furan rings is 1. The summed E-state index contributed by atoms with van der Waals surface area (Å²) in [5.74, 6) is 0.700. The Labute approximate surface area is 161 Å². The van der Waals surface area contributed by atoms with Crippen LogP contribution in [0.4, 0.5) is 0 Å². The number of aryl methyl sites for hydroxylation is 1. The highest BCUT2D eigenvalue weighted by Crippen LogP contribution is 2.29. The van der Waals surface area contributed by atoms with E-state index in [1.165, 1.54) is 4.68 Å². The summed E-state index contributed by atoms with van der Waals surface area (Å²) in [6.45, 7) is 7.20. The van der Waals surface area contributed by atoms with Crippen molar-refractivity contribution in [2.24, 2.45) is 5.92 Å². The Morgan fingerprint density at radius 1 is 1.50 bits per heavy atom. The molecule has 1 amide bonds. The number of amides is 1. The maximum Gasteiger partial charge on any atom is 0.291 e. The van der Waals surface area contributed by atoms with Crippen molar-refractivity contribution in [3.63, 3.8) is 0 Å². The van der Waals surface area contributed by atoms with Gasteiger partial charge in [-0.05, 0) is 25.7 Å². The van der Waals surface area contributed by atoms with Gasteiger partial charge in [0.25, 0.3) is 5.56 Å². The SMILES string of the molecule is C=CCn1c2cc(C)oc2c2cnn(CC(=O)N3CCC[C@H](CO)C3)c(=O)c21. The molecular formula is C20H24N4O4. The van der Waals surface area contributed by atoms with Crippen molar-refractivity contribution in [3.05, 3.63) is 41.0 Å². The van der Waals surface area contributed by atoms with Crippen LogP contribution in [0.1, 0.15) is 18.6 Å². The van der Waals surface area contributed by atoms with Gasteiger partial charge in [0.2, 0.25) is 5.91 Å². The number of likely N-dealkylation sites (tertiary alicyclic amines) is 1. The first kappa shape index (κ1) is 18.5. The van der Waals surface area contributed by atoms with E-state index in [1.807, 2.05) is 17.6 Å². The third-order valence-corrected chi connectivity index (χ3v) is 5.39. The summed E-state index contributed by atoms with van der Waals surface area (Å²) in [5, 5.41) is 14.2. The van der Waals surface area contributed by atoms with Gasteiger partial charge in [0.1, 0.15) is 17.8 Å². The molecule has 3 aromatic heterocycles. The first-order chi connectivity index (χ1) is 13.5. The number of hydrogen-bond acceptors (Lipinski definition) is 5. The monoisotopic (exact) mass is 384 g/mol. The Morgan fingerprint density at radius 2 is 2.32 bits per heavy atom. The van der Waals surface area contributed by atoms with Crippen molar-refractivity contribution < 1.29 is 14.3 Å². The molecule has 8 nitrogen and oxygen atoms in total. The van der Waals surface area contributed by atoms with Crippen LogP contribution in [-0.2, 0) is 17.9 Å². The van der Waals surface area contributed by atoms with Crippen molar-refractivity contribution >= 4 is 27.9 Å². The molecule has 148 valence electrons. The molecule has 0 unspecified atom stereocenters. The van der Waals surface area contributed by atoms with Crippen molar-refractivity contribution in [1.29, 1.82) is 0 Å². The van der Waals surface area contributed by atoms with Gasteiger partial charge in [-0.3, -0.25) is 9.59 Å². The molecule has 3 aromatic rings. The molecule has 0 bridgehead atoms. The van der Waals surface area contributed by atoms with Crippen LogP contribution in [0.15, 0.2) is 34.1 Å². The lowest BCUT2D eigenvalue weighted by molar-refractivity contribution is -0.134. The second-order valence-electron chi connectivity index (χ2n) is 7.37. The number of aliphatic hydroxyl groups excluding tert-OH is 1. The van der Waals surface area contributed by atoms with Crippen LogP contribution < -0.4 is 5.56 Å². The van der Waals surface area contributed by atoms with E-state index in [0.29, 0.717) is 36.1 Å². The highest BCUT2D eigenvalue weighted by atomic mass is 16.3. The Kier molecular flexibility index (Phi) is 4.80. The van der Waals surface area contributed by atoms with Crippen LogP contribution in [0, 0.1) is 12.8 Å². The minimum atomic E-state index is -0.326. The molecule has 1 fully saturated rings. The summed E-state index contributed by atoms with van der Waals surface area (Å²) in [4.78, 5) is 27.5. The van der Waals surface area contributed by atoms with E-state index in [-0.39, 0.29) is 30.5 Å². The van der Waals surface area contributed by atoms with E-state index < -0.39 is 0 Å². The van der Waals surface area contributed by atoms with Gasteiger partial charge < -0.3 is 19.0 Å². The summed E-state index contributed by atoms with van der Waals surface area (Å²) < 4.78 is 8.82. The van der Waals surface area contributed by atoms with Crippen LogP contribution in [0.2, 0.25) is 0 Å². The van der Waals surface area contributed by atoms with Gasteiger partial charge >= 0.3 is 0 Å². The summed E-state index contributed by atoms with van der Waals surface area (Å²) in [6, 6.07) is 1.89. The third-order valence-electron chi connectivity index (χ3n) is 5.39. The lowest BCUT2D eigenvalue weighted by Crippen LogP contribution is -2.44. The van der Waals surface area contributed by atoms with Crippen molar-refractivity contribution in [2.45, 2.75) is 32.9 Å². The summed E-state index contributed by atoms with van der Waals surface area (Å²) in [6.07, 6.45) is 5.08. The largest absolute Gasteiger partial charge is 0.459 e. The Morgan fingerprint density at radius 3 is 3.07 bits per heavy atom. The number of carbonyl (C=O) groups is 1. The van der Waals surface area contributed by atoms with Gasteiger partial charge in [0.05, 0.1) is 17.1 Å². The molecule has 4 rings (SSSR count). The standard InChI is InChI=1S/C20H24N4O4/c1-3-6-23-16-8-13(2)28-19(16)15-9-21-24(20(27)18(15)23)11-17(26)22-7-4-5-14(10-22)12-25/h3,8-9,14,25H,1,4-7,10-12H2,2H3/t14-/m0/s1. The molecule has 4 heterocycles. The third kappa shape index (κ3) is 3.03. The average Bonchev–Trinajstić information content (AvgIpc) is 3.21. The van der Waals surface area contributed by atoms with Gasteiger partial charge in [-0.15, -0.1) is 6.58 Å². The highest BCUT2D eigenvalue weighted by Gasteiger charge is 2.25. The molecule has 1 saturated heterocycles. The zero-order valence-corrected chi connectivity index (χ0v) is 15.9. The number of nitrogens with zero attached hydrogens (tertiary/aromatic N) is 4. The molecule has 8 heteroatoms. The second kappa shape index (κ2) is 7.27. The molecule has 0 aromatic carbocycles. The molecule has 0 aliphatic carbocycles. The minimum absolute atomic E-state index is 0.0709. The first-order valence-electron chi connectivity index (χ1n) is 9.51. The second-order valence-corrected chi connectivity index (χ2v) is 7.37. The number of carbonyl (C=O) groups excluding carboxylic acids is 1. The van der Waals surface area contributed by atoms with E-state index in [4.69, 9.17) is 4.42 Å². The summed E-state index contributed by atoms with van der Waals surface area (Å²) in [5.41, 5.74) is 1.58. The van der Waals surface area contributed by atoms with Crippen LogP contribution in [0.3, 0.4) is 0 Å². The fourth-order valence-corrected chi connectivity index (χ4v) is 4.02. The van der Waals surface area contributed by atoms with Crippen LogP contribution in [0.5, 0.6) is 0 Å². The molecule has 28 heavy (non-hydrogen) atoms. The number of aromatic nitrogens is 3. The molecular weight excluding hydrogens is 360 g/mol. The molecule has 1 N–H and O–H groups in total. The van der Waals surface area contributed by atoms with Gasteiger partial charge in [0.15, 0.2) is 5.58 Å². The molecule has 1 atom stereocenters. The normalized spacial score (nSPS) is 17.5. The number of aliphatic hydroxyl groups is 1. The Hall–Kier alpha value is -2.87. The van der Waals surface area contributed by atoms with Crippen molar-refractivity contribution in [3.8, 4) is 0 Å². The number of piperidine rings is 1. The molecule has 0 radical (unpaired) electrons. The number of fused-ring (bicyclic) bond motifs is 3. The van der Waals surface area contributed by atoms with E-state index in [2.05, 4.69) is 11.7 Å². The molecule has 1 aliphatic rings. The fourth-order valence-electron chi connectivity index (χ4n) is 4.02. The minimum Gasteiger partial charge on any atom is -0.459 e. The van der Waals surface area contributed by atoms with Gasteiger partial charge in [-0.1, -0.05) is 6.08 Å². The smallest absolute Gasteiger partial charge is 0.291 e. The van der Waals surface area contributed by atoms with Gasteiger partial charge in [0, 0.05) is 32.3 Å². The quantitative estimate of drug-likeness (QED) is 0.676. The topological polar surface area (TPSA) is 93.5 Å². The van der Waals surface area contributed by atoms with E-state index in [9.17, 15) is 14.7 Å². The lowest BCUT2D eigenvalue weighted by Gasteiger charge is -2.31. The van der Waals surface area contributed by atoms with E-state index in [1.54, 1.807) is 17.2 Å². The van der Waals surface area contributed by atoms with Crippen LogP contribution in [-0.4, -0.2) is 50.0 Å². The average molecular weight is 384 g/mol. The van der Waals surface area contributed by atoms with Crippen LogP contribution in [0.25, 0.3) is 22.0 Å². The molecule has 0 saturated carbocycles. The van der Waals surface area contributed by atoms with Gasteiger partial charge in [-0.25, -0.2) is 4.68 Å². The highest BCUT2D eigenvalue weighted by molar-refractivity contribution is 6.04. The number of rotatable bonds is 5. The van der Waals surface area contributed by atoms with Gasteiger partial charge in [-0.2, -0.15) is 5.10 Å². The van der Waals surface area contributed by atoms with Crippen LogP contribution >= 0.6 is 0 Å². The fraction of sp³-hybridized carbons (Fsp3) is 0.450. The zero-order valence-electron chi connectivity index (χ0n) is 15.9. The Balaban J connectivity index is 1.71. The summed E-state index contributed by atoms with van der Waals surface area (Å²) >= 11 is 0. The van der Waals surface area contributed by atoms with Crippen molar-refractivity contribution in [1.82, 2.24) is 19.2 Å². The van der Waals surface area contributed by atoms with E-state index in [0.717, 1.165) is 24.1 Å². The summed E-state index contributed by atoms with van der Waals surface area (Å²) in [7, 11) is 0.